The highest BCUT2D eigenvalue weighted by atomic mass is 16.5. The van der Waals surface area contributed by atoms with Crippen LogP contribution in [0.2, 0.25) is 0 Å². The van der Waals surface area contributed by atoms with Gasteiger partial charge in [-0.2, -0.15) is 15.1 Å². The van der Waals surface area contributed by atoms with Crippen LogP contribution < -0.4 is 9.47 Å². The third-order valence-electron chi connectivity index (χ3n) is 3.61. The Balaban J connectivity index is 2.06. The van der Waals surface area contributed by atoms with Crippen molar-refractivity contribution in [3.63, 3.8) is 0 Å². The first kappa shape index (κ1) is 15.0. The molecule has 0 aromatic heterocycles. The lowest BCUT2D eigenvalue weighted by atomic mass is 10.1. The number of hydrogen-bond acceptors (Lipinski definition) is 6. The molecular formula is C16H16N4O3. The van der Waals surface area contributed by atoms with Gasteiger partial charge in [0.25, 0.3) is 11.9 Å². The number of ether oxygens (including phenoxy) is 2. The van der Waals surface area contributed by atoms with Crippen LogP contribution in [0.5, 0.6) is 11.5 Å². The third kappa shape index (κ3) is 2.61. The third-order valence-corrected chi connectivity index (χ3v) is 3.61. The van der Waals surface area contributed by atoms with E-state index in [2.05, 4.69) is 15.1 Å². The predicted octanol–water partition coefficient (Wildman–Crippen LogP) is 2.09. The van der Waals surface area contributed by atoms with Crippen LogP contribution in [0.1, 0.15) is 19.4 Å². The monoisotopic (exact) mass is 312 g/mol. The van der Waals surface area contributed by atoms with Crippen molar-refractivity contribution in [3.8, 4) is 11.5 Å². The SMILES string of the molecule is COc1ccc(OC)c(C=C2C(=O)N=C3N=C(C)C(C)=NN23)c1. The summed E-state index contributed by atoms with van der Waals surface area (Å²) in [6, 6.07) is 5.35. The normalized spacial score (nSPS) is 18.4. The predicted molar refractivity (Wildman–Crippen MR) is 88.0 cm³/mol. The number of hydrazone groups is 1. The Morgan fingerprint density at radius 3 is 2.57 bits per heavy atom. The molecule has 1 amide bonds. The van der Waals surface area contributed by atoms with E-state index in [9.17, 15) is 4.79 Å². The summed E-state index contributed by atoms with van der Waals surface area (Å²) in [6.45, 7) is 3.66. The van der Waals surface area contributed by atoms with Crippen molar-refractivity contribution < 1.29 is 14.3 Å². The molecule has 2 aliphatic rings. The highest BCUT2D eigenvalue weighted by molar-refractivity contribution is 6.43. The molecule has 7 heteroatoms. The van der Waals surface area contributed by atoms with Gasteiger partial charge in [-0.1, -0.05) is 0 Å². The molecule has 0 aliphatic carbocycles. The summed E-state index contributed by atoms with van der Waals surface area (Å²) in [6.07, 6.45) is 1.67. The fraction of sp³-hybridized carbons (Fsp3) is 0.250. The summed E-state index contributed by atoms with van der Waals surface area (Å²) in [5, 5.41) is 5.83. The molecule has 0 bridgehead atoms. The van der Waals surface area contributed by atoms with Gasteiger partial charge in [-0.3, -0.25) is 4.79 Å². The summed E-state index contributed by atoms with van der Waals surface area (Å²) in [4.78, 5) is 20.4. The van der Waals surface area contributed by atoms with Gasteiger partial charge >= 0.3 is 0 Å². The highest BCUT2D eigenvalue weighted by Gasteiger charge is 2.32. The van der Waals surface area contributed by atoms with E-state index in [0.29, 0.717) is 22.8 Å². The van der Waals surface area contributed by atoms with E-state index < -0.39 is 0 Å². The highest BCUT2D eigenvalue weighted by Crippen LogP contribution is 2.29. The van der Waals surface area contributed by atoms with Crippen molar-refractivity contribution in [3.05, 3.63) is 29.5 Å². The van der Waals surface area contributed by atoms with Gasteiger partial charge in [0.15, 0.2) is 0 Å². The lowest BCUT2D eigenvalue weighted by Gasteiger charge is -2.18. The van der Waals surface area contributed by atoms with Crippen LogP contribution >= 0.6 is 0 Å². The Bertz CT molecular complexity index is 806. The molecule has 0 unspecified atom stereocenters. The maximum atomic E-state index is 12.2. The number of amides is 1. The van der Waals surface area contributed by atoms with Gasteiger partial charge in [0.05, 0.1) is 25.6 Å². The van der Waals surface area contributed by atoms with Crippen molar-refractivity contribution in [1.82, 2.24) is 5.01 Å². The van der Waals surface area contributed by atoms with Crippen molar-refractivity contribution >= 4 is 29.4 Å². The number of benzene rings is 1. The molecule has 23 heavy (non-hydrogen) atoms. The van der Waals surface area contributed by atoms with Crippen molar-refractivity contribution in [2.24, 2.45) is 15.1 Å². The molecule has 0 saturated heterocycles. The van der Waals surface area contributed by atoms with E-state index in [-0.39, 0.29) is 11.9 Å². The first-order valence-corrected chi connectivity index (χ1v) is 7.01. The molecule has 3 rings (SSSR count). The fourth-order valence-corrected chi connectivity index (χ4v) is 2.24. The van der Waals surface area contributed by atoms with Gasteiger partial charge in [0.1, 0.15) is 17.2 Å². The number of fused-ring (bicyclic) bond motifs is 1. The average molecular weight is 312 g/mol. The van der Waals surface area contributed by atoms with Gasteiger partial charge in [0.2, 0.25) is 0 Å². The van der Waals surface area contributed by atoms with Crippen molar-refractivity contribution in [2.75, 3.05) is 14.2 Å². The Morgan fingerprint density at radius 2 is 1.87 bits per heavy atom. The Morgan fingerprint density at radius 1 is 1.09 bits per heavy atom. The largest absolute Gasteiger partial charge is 0.497 e. The zero-order chi connectivity index (χ0) is 16.6. The van der Waals surface area contributed by atoms with E-state index in [1.54, 1.807) is 38.5 Å². The molecule has 0 radical (unpaired) electrons. The maximum Gasteiger partial charge on any atom is 0.299 e. The lowest BCUT2D eigenvalue weighted by molar-refractivity contribution is -0.114. The number of carbonyl (C=O) groups is 1. The summed E-state index contributed by atoms with van der Waals surface area (Å²) >= 11 is 0. The van der Waals surface area contributed by atoms with Gasteiger partial charge in [0, 0.05) is 5.56 Å². The summed E-state index contributed by atoms with van der Waals surface area (Å²) in [7, 11) is 3.15. The Labute approximate surface area is 133 Å². The minimum absolute atomic E-state index is 0.284. The number of aliphatic imine (C=N–C) groups is 2. The average Bonchev–Trinajstić information content (AvgIpc) is 2.83. The van der Waals surface area contributed by atoms with Crippen molar-refractivity contribution in [2.45, 2.75) is 13.8 Å². The zero-order valence-corrected chi connectivity index (χ0v) is 13.3. The van der Waals surface area contributed by atoms with E-state index in [1.807, 2.05) is 13.8 Å². The molecule has 0 fully saturated rings. The van der Waals surface area contributed by atoms with Gasteiger partial charge < -0.3 is 9.47 Å². The first-order chi connectivity index (χ1) is 11.0. The van der Waals surface area contributed by atoms with E-state index in [0.717, 1.165) is 11.4 Å². The molecule has 2 aliphatic heterocycles. The number of methoxy groups -OCH3 is 2. The maximum absolute atomic E-state index is 12.2. The number of rotatable bonds is 3. The molecule has 7 nitrogen and oxygen atoms in total. The summed E-state index contributed by atoms with van der Waals surface area (Å²) in [5.74, 6) is 1.18. The molecule has 118 valence electrons. The molecule has 0 spiro atoms. The summed E-state index contributed by atoms with van der Waals surface area (Å²) in [5.41, 5.74) is 2.50. The fourth-order valence-electron chi connectivity index (χ4n) is 2.24. The standard InChI is InChI=1S/C16H16N4O3/c1-9-10(2)19-20-13(15(21)18-16(20)17-9)8-11-7-12(22-3)5-6-14(11)23-4/h5-8H,1-4H3. The Kier molecular flexibility index (Phi) is 3.69. The number of carbonyl (C=O) groups excluding carboxylic acids is 1. The smallest absolute Gasteiger partial charge is 0.299 e. The quantitative estimate of drug-likeness (QED) is 0.801. The van der Waals surface area contributed by atoms with Crippen LogP contribution in [0.15, 0.2) is 39.0 Å². The molecule has 1 aromatic rings. The second kappa shape index (κ2) is 5.68. The molecule has 2 heterocycles. The summed E-state index contributed by atoms with van der Waals surface area (Å²) < 4.78 is 10.6. The van der Waals surface area contributed by atoms with Crippen LogP contribution in [-0.4, -0.2) is 42.5 Å². The minimum Gasteiger partial charge on any atom is -0.497 e. The number of hydrogen-bond donors (Lipinski definition) is 0. The zero-order valence-electron chi connectivity index (χ0n) is 13.3. The van der Waals surface area contributed by atoms with Crippen LogP contribution in [-0.2, 0) is 4.79 Å². The topological polar surface area (TPSA) is 75.8 Å². The van der Waals surface area contributed by atoms with E-state index in [1.165, 1.54) is 5.01 Å². The Hall–Kier alpha value is -2.96. The lowest BCUT2D eigenvalue weighted by Crippen LogP contribution is -2.28. The second-order valence-electron chi connectivity index (χ2n) is 5.05. The minimum atomic E-state index is -0.389. The van der Waals surface area contributed by atoms with Crippen molar-refractivity contribution in [1.29, 1.82) is 0 Å². The second-order valence-corrected chi connectivity index (χ2v) is 5.05. The van der Waals surface area contributed by atoms with Gasteiger partial charge in [-0.25, -0.2) is 4.99 Å². The van der Waals surface area contributed by atoms with Crippen LogP contribution in [0.3, 0.4) is 0 Å². The molecule has 1 aromatic carbocycles. The first-order valence-electron chi connectivity index (χ1n) is 7.01. The molecular weight excluding hydrogens is 296 g/mol. The van der Waals surface area contributed by atoms with Crippen LogP contribution in [0.25, 0.3) is 6.08 Å². The van der Waals surface area contributed by atoms with E-state index in [4.69, 9.17) is 9.47 Å². The molecule has 0 N–H and O–H groups in total. The van der Waals surface area contributed by atoms with Crippen LogP contribution in [0, 0.1) is 0 Å². The van der Waals surface area contributed by atoms with Gasteiger partial charge in [-0.15, -0.1) is 0 Å². The number of guanidine groups is 1. The molecule has 0 saturated carbocycles. The van der Waals surface area contributed by atoms with Gasteiger partial charge in [-0.05, 0) is 38.1 Å². The van der Waals surface area contributed by atoms with E-state index >= 15 is 0 Å². The van der Waals surface area contributed by atoms with Crippen LogP contribution in [0.4, 0.5) is 0 Å². The molecule has 0 atom stereocenters. The number of nitrogens with zero attached hydrogens (tertiary/aromatic N) is 4.